The van der Waals surface area contributed by atoms with E-state index in [1.165, 1.54) is 12.1 Å². The number of carbonyl (C=O) groups excluding carboxylic acids is 1. The number of rotatable bonds is 11. The van der Waals surface area contributed by atoms with E-state index in [1.54, 1.807) is 37.3 Å². The monoisotopic (exact) mass is 663 g/mol. The van der Waals surface area contributed by atoms with Crippen molar-refractivity contribution in [2.45, 2.75) is 31.5 Å². The number of ether oxygens (including phenoxy) is 3. The number of nitrogens with zero attached hydrogens (tertiary/aromatic N) is 2. The molecule has 1 N–H and O–H groups in total. The molecule has 1 amide bonds. The second-order valence-corrected chi connectivity index (χ2v) is 13.0. The molecule has 10 heteroatoms. The van der Waals surface area contributed by atoms with Gasteiger partial charge in [0.15, 0.2) is 11.5 Å². The number of hydrogen-bond acceptors (Lipinski definition) is 7. The Morgan fingerprint density at radius 3 is 2.21 bits per heavy atom. The van der Waals surface area contributed by atoms with Gasteiger partial charge in [-0.3, -0.25) is 14.4 Å². The molecule has 1 aliphatic rings. The van der Waals surface area contributed by atoms with Crippen molar-refractivity contribution in [3.05, 3.63) is 138 Å². The number of hydrogen-bond donors (Lipinski definition) is 1. The number of aryl methyl sites for hydroxylation is 1. The predicted octanol–water partition coefficient (Wildman–Crippen LogP) is 7.58. The quantitative estimate of drug-likeness (QED) is 0.156. The Labute approximate surface area is 281 Å². The summed E-state index contributed by atoms with van der Waals surface area (Å²) in [4.78, 5) is 18.5. The van der Waals surface area contributed by atoms with Gasteiger partial charge >= 0.3 is 0 Å². The molecule has 0 fully saturated rings. The maximum atomic E-state index is 14.8. The van der Waals surface area contributed by atoms with Crippen LogP contribution in [0, 0.1) is 6.92 Å². The first-order chi connectivity index (χ1) is 23.2. The molecule has 9 nitrogen and oxygen atoms in total. The minimum absolute atomic E-state index is 0.0288. The number of carbonyl (C=O) groups is 1. The van der Waals surface area contributed by atoms with E-state index in [0.29, 0.717) is 53.0 Å². The van der Waals surface area contributed by atoms with Crippen LogP contribution in [0.1, 0.15) is 40.1 Å². The van der Waals surface area contributed by atoms with Crippen LogP contribution in [0.4, 0.5) is 17.1 Å². The maximum absolute atomic E-state index is 14.8. The molecule has 0 aromatic heterocycles. The van der Waals surface area contributed by atoms with Crippen LogP contribution in [-0.2, 0) is 16.6 Å². The van der Waals surface area contributed by atoms with Gasteiger partial charge in [0, 0.05) is 23.5 Å². The zero-order valence-corrected chi connectivity index (χ0v) is 28.0. The summed E-state index contributed by atoms with van der Waals surface area (Å²) in [5.41, 5.74) is 4.53. The van der Waals surface area contributed by atoms with Gasteiger partial charge in [-0.05, 0) is 80.1 Å². The van der Waals surface area contributed by atoms with Gasteiger partial charge in [-0.15, -0.1) is 0 Å². The summed E-state index contributed by atoms with van der Waals surface area (Å²) in [6, 6.07) is 34.5. The van der Waals surface area contributed by atoms with Gasteiger partial charge < -0.3 is 19.1 Å². The fourth-order valence-electron chi connectivity index (χ4n) is 5.95. The molecule has 1 atom stereocenters. The van der Waals surface area contributed by atoms with Gasteiger partial charge in [0.25, 0.3) is 15.9 Å². The molecule has 6 rings (SSSR count). The van der Waals surface area contributed by atoms with Crippen molar-refractivity contribution < 1.29 is 27.4 Å². The van der Waals surface area contributed by atoms with Crippen LogP contribution in [0.25, 0.3) is 0 Å². The largest absolute Gasteiger partial charge is 0.494 e. The molecule has 48 heavy (non-hydrogen) atoms. The first-order valence-corrected chi connectivity index (χ1v) is 17.0. The minimum atomic E-state index is -4.03. The molecule has 0 saturated heterocycles. The lowest BCUT2D eigenvalue weighted by atomic mass is 9.98. The Bertz CT molecular complexity index is 2020. The lowest BCUT2D eigenvalue weighted by Gasteiger charge is -2.46. The van der Waals surface area contributed by atoms with Gasteiger partial charge in [0.05, 0.1) is 37.0 Å². The van der Waals surface area contributed by atoms with E-state index < -0.39 is 16.2 Å². The molecule has 0 saturated carbocycles. The first-order valence-electron chi connectivity index (χ1n) is 15.6. The summed E-state index contributed by atoms with van der Waals surface area (Å²) in [6.07, 6.45) is -0.707. The van der Waals surface area contributed by atoms with E-state index in [0.717, 1.165) is 11.1 Å². The highest BCUT2D eigenvalue weighted by molar-refractivity contribution is 7.92. The molecule has 0 unspecified atom stereocenters. The summed E-state index contributed by atoms with van der Waals surface area (Å²) in [7, 11) is -0.890. The molecule has 0 aliphatic carbocycles. The van der Waals surface area contributed by atoms with E-state index in [4.69, 9.17) is 14.2 Å². The summed E-state index contributed by atoms with van der Waals surface area (Å²) in [5.74, 6) is 1.29. The standard InChI is InChI=1S/C38H37N3O6S/c1-5-47-30-20-18-29(19-21-30)41-37(32-12-9-13-35(45-3)36(32)46-4)40(25-27-10-7-6-8-11-27)34-23-22-31(24-33(34)38(41)42)48(43,44)39-28-16-14-26(2)15-17-28/h6-24,37,39H,5,25H2,1-4H3/t37-/m1/s1. The van der Waals surface area contributed by atoms with Gasteiger partial charge in [-0.25, -0.2) is 8.42 Å². The van der Waals surface area contributed by atoms with Crippen molar-refractivity contribution in [1.29, 1.82) is 0 Å². The number of para-hydroxylation sites is 1. The Hall–Kier alpha value is -5.48. The van der Waals surface area contributed by atoms with Gasteiger partial charge in [-0.1, -0.05) is 60.2 Å². The fraction of sp³-hybridized carbons (Fsp3) is 0.184. The topological polar surface area (TPSA) is 97.4 Å². The van der Waals surface area contributed by atoms with Crippen LogP contribution < -0.4 is 28.7 Å². The number of methoxy groups -OCH3 is 2. The van der Waals surface area contributed by atoms with E-state index in [-0.39, 0.29) is 16.4 Å². The molecule has 5 aromatic rings. The zero-order valence-electron chi connectivity index (χ0n) is 27.2. The number of anilines is 3. The Balaban J connectivity index is 1.56. The summed E-state index contributed by atoms with van der Waals surface area (Å²) >= 11 is 0. The van der Waals surface area contributed by atoms with Crippen LogP contribution in [0.3, 0.4) is 0 Å². The van der Waals surface area contributed by atoms with Crippen molar-refractivity contribution in [2.24, 2.45) is 0 Å². The van der Waals surface area contributed by atoms with Crippen LogP contribution in [-0.4, -0.2) is 35.2 Å². The Morgan fingerprint density at radius 2 is 1.54 bits per heavy atom. The molecule has 5 aromatic carbocycles. The highest BCUT2D eigenvalue weighted by atomic mass is 32.2. The third-order valence-corrected chi connectivity index (χ3v) is 9.59. The maximum Gasteiger partial charge on any atom is 0.262 e. The highest BCUT2D eigenvalue weighted by Gasteiger charge is 2.42. The fourth-order valence-corrected chi connectivity index (χ4v) is 7.04. The second kappa shape index (κ2) is 13.7. The van der Waals surface area contributed by atoms with Crippen molar-refractivity contribution in [2.75, 3.05) is 35.3 Å². The molecule has 0 bridgehead atoms. The average Bonchev–Trinajstić information content (AvgIpc) is 3.10. The number of sulfonamides is 1. The molecule has 0 radical (unpaired) electrons. The highest BCUT2D eigenvalue weighted by Crippen LogP contribution is 2.47. The number of benzene rings is 5. The third kappa shape index (κ3) is 6.39. The average molecular weight is 664 g/mol. The lowest BCUT2D eigenvalue weighted by Crippen LogP contribution is -2.49. The Morgan fingerprint density at radius 1 is 0.812 bits per heavy atom. The van der Waals surface area contributed by atoms with Crippen molar-refractivity contribution >= 4 is 33.0 Å². The van der Waals surface area contributed by atoms with Gasteiger partial charge in [0.1, 0.15) is 11.9 Å². The zero-order chi connectivity index (χ0) is 33.8. The first kappa shape index (κ1) is 32.5. The minimum Gasteiger partial charge on any atom is -0.494 e. The molecular formula is C38H37N3O6S. The van der Waals surface area contributed by atoms with Crippen molar-refractivity contribution in [1.82, 2.24) is 0 Å². The van der Waals surface area contributed by atoms with E-state index in [9.17, 15) is 13.2 Å². The van der Waals surface area contributed by atoms with Gasteiger partial charge in [0.2, 0.25) is 0 Å². The molecule has 246 valence electrons. The predicted molar refractivity (Wildman–Crippen MR) is 188 cm³/mol. The molecule has 1 aliphatic heterocycles. The second-order valence-electron chi connectivity index (χ2n) is 11.3. The normalized spacial score (nSPS) is 14.3. The lowest BCUT2D eigenvalue weighted by molar-refractivity contribution is 0.0967. The van der Waals surface area contributed by atoms with Crippen molar-refractivity contribution in [3.8, 4) is 17.2 Å². The summed E-state index contributed by atoms with van der Waals surface area (Å²) in [5, 5.41) is 0. The SMILES string of the molecule is CCOc1ccc(N2C(=O)c3cc(S(=O)(=O)Nc4ccc(C)cc4)ccc3N(Cc3ccccc3)[C@H]2c2cccc(OC)c2OC)cc1. The molecule has 1 heterocycles. The van der Waals surface area contributed by atoms with Crippen LogP contribution in [0.5, 0.6) is 17.2 Å². The van der Waals surface area contributed by atoms with E-state index in [2.05, 4.69) is 9.62 Å². The van der Waals surface area contributed by atoms with Crippen LogP contribution in [0.15, 0.2) is 120 Å². The third-order valence-electron chi connectivity index (χ3n) is 8.21. The van der Waals surface area contributed by atoms with E-state index in [1.807, 2.05) is 98.8 Å². The van der Waals surface area contributed by atoms with Gasteiger partial charge in [-0.2, -0.15) is 0 Å². The smallest absolute Gasteiger partial charge is 0.262 e. The Kier molecular flexibility index (Phi) is 9.27. The number of amides is 1. The number of nitrogens with one attached hydrogen (secondary N) is 1. The molecular weight excluding hydrogens is 627 g/mol. The van der Waals surface area contributed by atoms with Crippen LogP contribution in [0.2, 0.25) is 0 Å². The molecule has 0 spiro atoms. The van der Waals surface area contributed by atoms with Crippen molar-refractivity contribution in [3.63, 3.8) is 0 Å². The number of fused-ring (bicyclic) bond motifs is 1. The van der Waals surface area contributed by atoms with E-state index >= 15 is 0 Å². The van der Waals surface area contributed by atoms with Crippen LogP contribution >= 0.6 is 0 Å². The summed E-state index contributed by atoms with van der Waals surface area (Å²) in [6.45, 7) is 4.73. The summed E-state index contributed by atoms with van der Waals surface area (Å²) < 4.78 is 47.2.